The molecule has 2 aliphatic heterocycles. The minimum Gasteiger partial charge on any atom is -0.342 e. The molecule has 3 N–H and O–H groups in total. The Morgan fingerprint density at radius 2 is 1.96 bits per heavy atom. The van der Waals surface area contributed by atoms with E-state index in [0.717, 1.165) is 19.3 Å². The van der Waals surface area contributed by atoms with Gasteiger partial charge in [0.05, 0.1) is 17.3 Å². The lowest BCUT2D eigenvalue weighted by Gasteiger charge is -2.35. The third kappa shape index (κ3) is 5.43. The van der Waals surface area contributed by atoms with Gasteiger partial charge < -0.3 is 20.9 Å². The second-order valence-corrected chi connectivity index (χ2v) is 7.49. The molecule has 0 unspecified atom stereocenters. The number of nitrogens with one attached hydrogen (secondary N) is 3. The Kier molecular flexibility index (Phi) is 6.68. The van der Waals surface area contributed by atoms with Crippen LogP contribution in [-0.2, 0) is 14.4 Å². The van der Waals surface area contributed by atoms with E-state index in [0.29, 0.717) is 42.7 Å². The fraction of sp³-hybridized carbons (Fsp3) is 0.526. The van der Waals surface area contributed by atoms with Crippen LogP contribution in [0.1, 0.15) is 25.7 Å². The van der Waals surface area contributed by atoms with Crippen molar-refractivity contribution in [3.05, 3.63) is 29.3 Å². The number of piperidine rings is 1. The number of nitrogens with zero attached hydrogens (tertiary/aromatic N) is 1. The summed E-state index contributed by atoms with van der Waals surface area (Å²) in [4.78, 5) is 37.9. The van der Waals surface area contributed by atoms with Crippen LogP contribution in [0.3, 0.4) is 0 Å². The van der Waals surface area contributed by atoms with E-state index in [-0.39, 0.29) is 24.3 Å². The largest absolute Gasteiger partial charge is 0.342 e. The van der Waals surface area contributed by atoms with Gasteiger partial charge in [0.25, 0.3) is 0 Å². The first kappa shape index (κ1) is 19.6. The second-order valence-electron chi connectivity index (χ2n) is 7.09. The van der Waals surface area contributed by atoms with Crippen LogP contribution in [0.5, 0.6) is 0 Å². The van der Waals surface area contributed by atoms with Gasteiger partial charge >= 0.3 is 0 Å². The lowest BCUT2D eigenvalue weighted by atomic mass is 9.91. The standard InChI is InChI=1S/C19H25ClN4O3/c20-14-3-1-2-4-15(14)22-17(25)6-5-13-7-9-24(10-8-13)19(27)16-11-21-12-18(26)23-16/h1-4,13,16,21H,5-12H2,(H,22,25)(H,23,26)/t16-/m1/s1. The molecule has 3 amide bonds. The van der Waals surface area contributed by atoms with Crippen molar-refractivity contribution in [2.75, 3.05) is 31.5 Å². The van der Waals surface area contributed by atoms with Crippen LogP contribution in [-0.4, -0.2) is 54.8 Å². The summed E-state index contributed by atoms with van der Waals surface area (Å²) < 4.78 is 0. The number of para-hydroxylation sites is 1. The number of benzene rings is 1. The molecule has 0 radical (unpaired) electrons. The van der Waals surface area contributed by atoms with E-state index < -0.39 is 6.04 Å². The number of piperazine rings is 1. The minimum atomic E-state index is -0.468. The van der Waals surface area contributed by atoms with Gasteiger partial charge in [0.15, 0.2) is 0 Å². The predicted molar refractivity (Wildman–Crippen MR) is 103 cm³/mol. The van der Waals surface area contributed by atoms with Gasteiger partial charge in [-0.15, -0.1) is 0 Å². The van der Waals surface area contributed by atoms with Gasteiger partial charge in [-0.05, 0) is 37.3 Å². The summed E-state index contributed by atoms with van der Waals surface area (Å²) in [5.74, 6) is 0.215. The molecule has 146 valence electrons. The Labute approximate surface area is 163 Å². The second kappa shape index (κ2) is 9.19. The quantitative estimate of drug-likeness (QED) is 0.706. The van der Waals surface area contributed by atoms with Gasteiger partial charge in [0.1, 0.15) is 6.04 Å². The van der Waals surface area contributed by atoms with Crippen LogP contribution >= 0.6 is 11.6 Å². The molecule has 0 bridgehead atoms. The molecule has 8 heteroatoms. The van der Waals surface area contributed by atoms with Crippen molar-refractivity contribution >= 4 is 35.0 Å². The summed E-state index contributed by atoms with van der Waals surface area (Å²) in [5.41, 5.74) is 0.632. The van der Waals surface area contributed by atoms with Gasteiger partial charge in [-0.25, -0.2) is 0 Å². The van der Waals surface area contributed by atoms with Crippen LogP contribution in [0.25, 0.3) is 0 Å². The number of hydrogen-bond donors (Lipinski definition) is 3. The average molecular weight is 393 g/mol. The molecule has 1 aromatic carbocycles. The molecule has 2 heterocycles. The van der Waals surface area contributed by atoms with Crippen molar-refractivity contribution in [1.29, 1.82) is 0 Å². The number of anilines is 1. The van der Waals surface area contributed by atoms with Gasteiger partial charge in [0.2, 0.25) is 17.7 Å². The molecule has 2 fully saturated rings. The monoisotopic (exact) mass is 392 g/mol. The highest BCUT2D eigenvalue weighted by molar-refractivity contribution is 6.33. The average Bonchev–Trinajstić information content (AvgIpc) is 2.68. The highest BCUT2D eigenvalue weighted by atomic mass is 35.5. The van der Waals surface area contributed by atoms with Crippen molar-refractivity contribution in [3.8, 4) is 0 Å². The zero-order chi connectivity index (χ0) is 19.2. The van der Waals surface area contributed by atoms with E-state index in [1.54, 1.807) is 12.1 Å². The third-order valence-corrected chi connectivity index (χ3v) is 5.45. The molecule has 0 saturated carbocycles. The van der Waals surface area contributed by atoms with Crippen molar-refractivity contribution in [2.45, 2.75) is 31.7 Å². The maximum Gasteiger partial charge on any atom is 0.246 e. The summed E-state index contributed by atoms with van der Waals surface area (Å²) in [6, 6.07) is 6.71. The maximum absolute atomic E-state index is 12.5. The molecule has 0 aromatic heterocycles. The lowest BCUT2D eigenvalue weighted by Crippen LogP contribution is -2.59. The molecule has 2 saturated heterocycles. The van der Waals surface area contributed by atoms with Gasteiger partial charge in [-0.3, -0.25) is 14.4 Å². The number of carbonyl (C=O) groups excluding carboxylic acids is 3. The Balaban J connectivity index is 1.39. The maximum atomic E-state index is 12.5. The van der Waals surface area contributed by atoms with Crippen LogP contribution in [0.15, 0.2) is 24.3 Å². The highest BCUT2D eigenvalue weighted by Crippen LogP contribution is 2.24. The van der Waals surface area contributed by atoms with E-state index in [1.165, 1.54) is 0 Å². The highest BCUT2D eigenvalue weighted by Gasteiger charge is 2.31. The summed E-state index contributed by atoms with van der Waals surface area (Å²) in [6.45, 7) is 2.08. The summed E-state index contributed by atoms with van der Waals surface area (Å²) in [6.07, 6.45) is 2.98. The molecular formula is C19H25ClN4O3. The topological polar surface area (TPSA) is 90.5 Å². The Hall–Kier alpha value is -2.12. The number of hydrogen-bond acceptors (Lipinski definition) is 4. The van der Waals surface area contributed by atoms with Crippen LogP contribution in [0.4, 0.5) is 5.69 Å². The number of carbonyl (C=O) groups is 3. The number of rotatable bonds is 5. The first-order chi connectivity index (χ1) is 13.0. The van der Waals surface area contributed by atoms with Gasteiger partial charge in [-0.1, -0.05) is 23.7 Å². The summed E-state index contributed by atoms with van der Waals surface area (Å²) in [7, 11) is 0. The summed E-state index contributed by atoms with van der Waals surface area (Å²) >= 11 is 6.05. The first-order valence-electron chi connectivity index (χ1n) is 9.36. The normalized spacial score (nSPS) is 20.9. The third-order valence-electron chi connectivity index (χ3n) is 5.12. The molecule has 2 aliphatic rings. The fourth-order valence-electron chi connectivity index (χ4n) is 3.55. The van der Waals surface area contributed by atoms with E-state index in [9.17, 15) is 14.4 Å². The van der Waals surface area contributed by atoms with E-state index in [1.807, 2.05) is 17.0 Å². The van der Waals surface area contributed by atoms with E-state index in [2.05, 4.69) is 16.0 Å². The zero-order valence-corrected chi connectivity index (χ0v) is 15.9. The lowest BCUT2D eigenvalue weighted by molar-refractivity contribution is -0.138. The number of amides is 3. The molecule has 27 heavy (non-hydrogen) atoms. The number of likely N-dealkylation sites (tertiary alicyclic amines) is 1. The van der Waals surface area contributed by atoms with Crippen molar-refractivity contribution in [2.24, 2.45) is 5.92 Å². The van der Waals surface area contributed by atoms with Crippen molar-refractivity contribution in [3.63, 3.8) is 0 Å². The molecule has 1 aromatic rings. The molecular weight excluding hydrogens is 368 g/mol. The van der Waals surface area contributed by atoms with Crippen molar-refractivity contribution < 1.29 is 14.4 Å². The van der Waals surface area contributed by atoms with E-state index in [4.69, 9.17) is 11.6 Å². The smallest absolute Gasteiger partial charge is 0.246 e. The van der Waals surface area contributed by atoms with Crippen LogP contribution < -0.4 is 16.0 Å². The summed E-state index contributed by atoms with van der Waals surface area (Å²) in [5, 5.41) is 9.06. The molecule has 3 rings (SSSR count). The van der Waals surface area contributed by atoms with Crippen LogP contribution in [0, 0.1) is 5.92 Å². The fourth-order valence-corrected chi connectivity index (χ4v) is 3.73. The van der Waals surface area contributed by atoms with Crippen LogP contribution in [0.2, 0.25) is 5.02 Å². The Bertz CT molecular complexity index is 704. The van der Waals surface area contributed by atoms with Crippen molar-refractivity contribution in [1.82, 2.24) is 15.5 Å². The first-order valence-corrected chi connectivity index (χ1v) is 9.74. The van der Waals surface area contributed by atoms with Gasteiger partial charge in [-0.2, -0.15) is 0 Å². The Morgan fingerprint density at radius 3 is 2.67 bits per heavy atom. The van der Waals surface area contributed by atoms with Gasteiger partial charge in [0, 0.05) is 26.1 Å². The predicted octanol–water partition coefficient (Wildman–Crippen LogP) is 1.39. The number of halogens is 1. The molecule has 0 aliphatic carbocycles. The van der Waals surface area contributed by atoms with E-state index >= 15 is 0 Å². The SMILES string of the molecule is O=C(CCC1CCN(C(=O)[C@H]2CNCC(=O)N2)CC1)Nc1ccccc1Cl. The minimum absolute atomic E-state index is 0.0227. The zero-order valence-electron chi connectivity index (χ0n) is 15.2. The molecule has 1 atom stereocenters. The molecule has 0 spiro atoms. The molecule has 7 nitrogen and oxygen atoms in total. The Morgan fingerprint density at radius 1 is 1.22 bits per heavy atom.